The van der Waals surface area contributed by atoms with Gasteiger partial charge in [0.1, 0.15) is 11.8 Å². The van der Waals surface area contributed by atoms with E-state index in [1.807, 2.05) is 18.2 Å². The van der Waals surface area contributed by atoms with Crippen molar-refractivity contribution in [1.82, 2.24) is 9.80 Å². The maximum Gasteiger partial charge on any atom is 0.327 e. The number of methoxy groups -OCH3 is 1. The molecule has 1 aromatic rings. The molecule has 3 saturated heterocycles. The van der Waals surface area contributed by atoms with Crippen molar-refractivity contribution < 1.29 is 14.3 Å². The number of nitrogens with zero attached hydrogens (tertiary/aromatic N) is 3. The topological polar surface area (TPSA) is 53.1 Å². The number of hydrogen-bond donors (Lipinski definition) is 0. The number of carbonyl (C=O) groups is 2. The molecule has 0 aromatic heterocycles. The maximum absolute atomic E-state index is 12.6. The summed E-state index contributed by atoms with van der Waals surface area (Å²) in [6.07, 6.45) is 3.85. The van der Waals surface area contributed by atoms with Crippen molar-refractivity contribution in [2.45, 2.75) is 31.7 Å². The summed E-state index contributed by atoms with van der Waals surface area (Å²) in [4.78, 5) is 30.8. The van der Waals surface area contributed by atoms with Crippen LogP contribution in [0.3, 0.4) is 0 Å². The Hall–Kier alpha value is -2.24. The molecule has 0 saturated carbocycles. The first kappa shape index (κ1) is 16.2. The monoisotopic (exact) mass is 343 g/mol. The number of rotatable bonds is 4. The average Bonchev–Trinajstić information content (AvgIpc) is 3.21. The summed E-state index contributed by atoms with van der Waals surface area (Å²) in [7, 11) is 1.68. The predicted molar refractivity (Wildman–Crippen MR) is 94.8 cm³/mol. The number of benzene rings is 1. The minimum Gasteiger partial charge on any atom is -0.495 e. The molecule has 0 radical (unpaired) electrons. The Morgan fingerprint density at radius 3 is 2.76 bits per heavy atom. The lowest BCUT2D eigenvalue weighted by molar-refractivity contribution is -0.129. The quantitative estimate of drug-likeness (QED) is 0.788. The van der Waals surface area contributed by atoms with E-state index in [0.29, 0.717) is 12.5 Å². The van der Waals surface area contributed by atoms with Crippen LogP contribution in [0.2, 0.25) is 0 Å². The van der Waals surface area contributed by atoms with E-state index in [2.05, 4.69) is 11.0 Å². The number of amides is 3. The highest BCUT2D eigenvalue weighted by atomic mass is 16.5. The van der Waals surface area contributed by atoms with Gasteiger partial charge in [-0.3, -0.25) is 9.69 Å². The van der Waals surface area contributed by atoms with E-state index in [1.54, 1.807) is 12.0 Å². The minimum atomic E-state index is -0.201. The SMILES string of the molecule is COc1ccccc1N1CCC(CN2C(=O)[C@H]3CCCCN3C2=O)C1. The van der Waals surface area contributed by atoms with Gasteiger partial charge in [-0.05, 0) is 43.7 Å². The van der Waals surface area contributed by atoms with Gasteiger partial charge in [-0.1, -0.05) is 12.1 Å². The van der Waals surface area contributed by atoms with Crippen molar-refractivity contribution in [1.29, 1.82) is 0 Å². The van der Waals surface area contributed by atoms with Crippen LogP contribution >= 0.6 is 0 Å². The van der Waals surface area contributed by atoms with Crippen LogP contribution in [0.4, 0.5) is 10.5 Å². The molecule has 3 amide bonds. The molecule has 2 atom stereocenters. The lowest BCUT2D eigenvalue weighted by Crippen LogP contribution is -2.39. The fourth-order valence-electron chi connectivity index (χ4n) is 4.36. The molecule has 0 N–H and O–H groups in total. The summed E-state index contributed by atoms with van der Waals surface area (Å²) in [6.45, 7) is 3.04. The van der Waals surface area contributed by atoms with E-state index in [4.69, 9.17) is 4.74 Å². The Kier molecular flexibility index (Phi) is 4.27. The third kappa shape index (κ3) is 2.83. The Labute approximate surface area is 148 Å². The van der Waals surface area contributed by atoms with Crippen LogP contribution < -0.4 is 9.64 Å². The van der Waals surface area contributed by atoms with Gasteiger partial charge in [0.15, 0.2) is 0 Å². The Balaban J connectivity index is 1.43. The molecule has 1 unspecified atom stereocenters. The van der Waals surface area contributed by atoms with Crippen molar-refractivity contribution in [2.75, 3.05) is 38.2 Å². The number of para-hydroxylation sites is 2. The normalized spacial score (nSPS) is 26.4. The Morgan fingerprint density at radius 2 is 1.96 bits per heavy atom. The zero-order chi connectivity index (χ0) is 17.4. The fourth-order valence-corrected chi connectivity index (χ4v) is 4.36. The molecular weight excluding hydrogens is 318 g/mol. The highest BCUT2D eigenvalue weighted by molar-refractivity contribution is 6.04. The number of urea groups is 1. The minimum absolute atomic E-state index is 0.0143. The van der Waals surface area contributed by atoms with Crippen LogP contribution in [0.25, 0.3) is 0 Å². The van der Waals surface area contributed by atoms with Crippen molar-refractivity contribution in [3.05, 3.63) is 24.3 Å². The van der Waals surface area contributed by atoms with Crippen LogP contribution in [0, 0.1) is 5.92 Å². The molecule has 6 nitrogen and oxygen atoms in total. The van der Waals surface area contributed by atoms with Gasteiger partial charge >= 0.3 is 6.03 Å². The Morgan fingerprint density at radius 1 is 1.12 bits per heavy atom. The standard InChI is InChI=1S/C19H25N3O3/c1-25-17-8-3-2-6-15(17)20-11-9-14(12-20)13-22-18(23)16-7-4-5-10-21(16)19(22)24/h2-3,6,8,14,16H,4-5,7,9-13H2,1H3/t14?,16-/m1/s1. The van der Waals surface area contributed by atoms with Crippen molar-refractivity contribution >= 4 is 17.6 Å². The van der Waals surface area contributed by atoms with Gasteiger partial charge in [0.25, 0.3) is 5.91 Å². The number of ether oxygens (including phenoxy) is 1. The lowest BCUT2D eigenvalue weighted by Gasteiger charge is -2.26. The second-order valence-corrected chi connectivity index (χ2v) is 7.21. The summed E-state index contributed by atoms with van der Waals surface area (Å²) < 4.78 is 5.46. The van der Waals surface area contributed by atoms with Crippen molar-refractivity contribution in [3.8, 4) is 5.75 Å². The number of imide groups is 1. The van der Waals surface area contributed by atoms with E-state index in [9.17, 15) is 9.59 Å². The second-order valence-electron chi connectivity index (χ2n) is 7.21. The van der Waals surface area contributed by atoms with E-state index in [0.717, 1.165) is 56.8 Å². The smallest absolute Gasteiger partial charge is 0.327 e. The first-order valence-corrected chi connectivity index (χ1v) is 9.19. The summed E-state index contributed by atoms with van der Waals surface area (Å²) in [5.41, 5.74) is 1.09. The first-order valence-electron chi connectivity index (χ1n) is 9.19. The van der Waals surface area contributed by atoms with Gasteiger partial charge in [-0.15, -0.1) is 0 Å². The van der Waals surface area contributed by atoms with E-state index < -0.39 is 0 Å². The molecule has 0 aliphatic carbocycles. The molecule has 3 fully saturated rings. The molecule has 134 valence electrons. The molecule has 3 aliphatic heterocycles. The second kappa shape index (κ2) is 6.58. The van der Waals surface area contributed by atoms with Gasteiger partial charge in [-0.25, -0.2) is 4.79 Å². The molecular formula is C19H25N3O3. The maximum atomic E-state index is 12.6. The molecule has 3 heterocycles. The van der Waals surface area contributed by atoms with Crippen LogP contribution in [-0.2, 0) is 4.79 Å². The van der Waals surface area contributed by atoms with Gasteiger partial charge in [-0.2, -0.15) is 0 Å². The lowest BCUT2D eigenvalue weighted by atomic mass is 10.0. The number of piperidine rings is 1. The number of fused-ring (bicyclic) bond motifs is 1. The van der Waals surface area contributed by atoms with Gasteiger partial charge in [0.05, 0.1) is 12.8 Å². The van der Waals surface area contributed by atoms with Gasteiger partial charge < -0.3 is 14.5 Å². The van der Waals surface area contributed by atoms with Crippen molar-refractivity contribution in [2.24, 2.45) is 5.92 Å². The third-order valence-corrected chi connectivity index (χ3v) is 5.68. The Bertz CT molecular complexity index is 654. The molecule has 25 heavy (non-hydrogen) atoms. The van der Waals surface area contributed by atoms with Crippen LogP contribution in [-0.4, -0.2) is 61.1 Å². The predicted octanol–water partition coefficient (Wildman–Crippen LogP) is 2.34. The molecule has 4 rings (SSSR count). The summed E-state index contributed by atoms with van der Waals surface area (Å²) in [5, 5.41) is 0. The van der Waals surface area contributed by atoms with E-state index >= 15 is 0 Å². The number of carbonyl (C=O) groups excluding carboxylic acids is 2. The molecule has 0 spiro atoms. The van der Waals surface area contributed by atoms with Gasteiger partial charge in [0.2, 0.25) is 0 Å². The van der Waals surface area contributed by atoms with E-state index in [1.165, 1.54) is 4.90 Å². The van der Waals surface area contributed by atoms with Gasteiger partial charge in [0, 0.05) is 26.2 Å². The molecule has 3 aliphatic rings. The summed E-state index contributed by atoms with van der Waals surface area (Å²) >= 11 is 0. The zero-order valence-corrected chi connectivity index (χ0v) is 14.7. The average molecular weight is 343 g/mol. The fraction of sp³-hybridized carbons (Fsp3) is 0.579. The third-order valence-electron chi connectivity index (χ3n) is 5.68. The molecule has 0 bridgehead atoms. The molecule has 6 heteroatoms. The van der Waals surface area contributed by atoms with E-state index in [-0.39, 0.29) is 18.0 Å². The van der Waals surface area contributed by atoms with Crippen molar-refractivity contribution in [3.63, 3.8) is 0 Å². The number of hydrogen-bond acceptors (Lipinski definition) is 4. The summed E-state index contributed by atoms with van der Waals surface area (Å²) in [6, 6.07) is 7.73. The summed E-state index contributed by atoms with van der Waals surface area (Å²) in [5.74, 6) is 1.20. The molecule has 1 aromatic carbocycles. The highest BCUT2D eigenvalue weighted by Gasteiger charge is 2.46. The largest absolute Gasteiger partial charge is 0.495 e. The number of anilines is 1. The zero-order valence-electron chi connectivity index (χ0n) is 14.7. The first-order chi connectivity index (χ1) is 12.2. The van der Waals surface area contributed by atoms with Crippen LogP contribution in [0.15, 0.2) is 24.3 Å². The highest BCUT2D eigenvalue weighted by Crippen LogP contribution is 2.33. The van der Waals surface area contributed by atoms with Crippen LogP contribution in [0.5, 0.6) is 5.75 Å². The van der Waals surface area contributed by atoms with Crippen LogP contribution in [0.1, 0.15) is 25.7 Å².